The van der Waals surface area contributed by atoms with Crippen molar-refractivity contribution in [1.29, 1.82) is 0 Å². The summed E-state index contributed by atoms with van der Waals surface area (Å²) in [6.07, 6.45) is 3.27. The van der Waals surface area contributed by atoms with Gasteiger partial charge in [0.05, 0.1) is 17.2 Å². The van der Waals surface area contributed by atoms with Crippen LogP contribution in [0, 0.1) is 0 Å². The molecule has 0 spiro atoms. The van der Waals surface area contributed by atoms with Crippen molar-refractivity contribution >= 4 is 48.4 Å². The van der Waals surface area contributed by atoms with Crippen molar-refractivity contribution in [2.24, 2.45) is 0 Å². The molecular formula is C17H18N6O4S2. The van der Waals surface area contributed by atoms with Gasteiger partial charge in [0.25, 0.3) is 5.56 Å². The lowest BCUT2D eigenvalue weighted by Crippen LogP contribution is -2.25. The number of rotatable bonds is 7. The molecule has 1 saturated carbocycles. The Morgan fingerprint density at radius 3 is 2.69 bits per heavy atom. The molecule has 0 unspecified atom stereocenters. The third-order valence-electron chi connectivity index (χ3n) is 4.31. The summed E-state index contributed by atoms with van der Waals surface area (Å²) in [6.45, 7) is 0. The van der Waals surface area contributed by atoms with Crippen LogP contribution in [0.4, 0.5) is 10.3 Å². The molecule has 1 aromatic carbocycles. The standard InChI is InChI=1S/C17H18N6O4S2/c1-29(26,27)22-17-21-20-16(28-17)19-14(24)9-8-13-18-12-5-3-2-4-11(12)15(25)23(13)10-6-7-10/h2-5,10H,6-9H2,1H3,(H,21,22)(H,19,20,24). The number of aryl methyl sites for hydroxylation is 1. The minimum absolute atomic E-state index is 0.0709. The van der Waals surface area contributed by atoms with E-state index in [4.69, 9.17) is 0 Å². The van der Waals surface area contributed by atoms with Gasteiger partial charge in [-0.15, -0.1) is 10.2 Å². The Hall–Kier alpha value is -2.86. The number of para-hydroxylation sites is 1. The normalized spacial score (nSPS) is 14.1. The molecule has 29 heavy (non-hydrogen) atoms. The Bertz CT molecular complexity index is 1250. The Labute approximate surface area is 170 Å². The first-order valence-electron chi connectivity index (χ1n) is 8.91. The summed E-state index contributed by atoms with van der Waals surface area (Å²) in [6, 6.07) is 7.33. The van der Waals surface area contributed by atoms with Gasteiger partial charge >= 0.3 is 0 Å². The van der Waals surface area contributed by atoms with Crippen LogP contribution in [0.25, 0.3) is 10.9 Å². The van der Waals surface area contributed by atoms with E-state index in [0.717, 1.165) is 30.4 Å². The van der Waals surface area contributed by atoms with E-state index in [0.29, 0.717) is 23.1 Å². The van der Waals surface area contributed by atoms with Crippen LogP contribution in [0.3, 0.4) is 0 Å². The second-order valence-corrected chi connectivity index (χ2v) is 9.51. The maximum Gasteiger partial charge on any atom is 0.261 e. The molecule has 0 aliphatic heterocycles. The van der Waals surface area contributed by atoms with E-state index < -0.39 is 10.0 Å². The first kappa shape index (κ1) is 19.5. The Morgan fingerprint density at radius 2 is 1.97 bits per heavy atom. The van der Waals surface area contributed by atoms with Crippen LogP contribution < -0.4 is 15.6 Å². The molecule has 152 valence electrons. The van der Waals surface area contributed by atoms with Crippen LogP contribution >= 0.6 is 11.3 Å². The molecule has 0 bridgehead atoms. The lowest BCUT2D eigenvalue weighted by Gasteiger charge is -2.12. The number of hydrogen-bond donors (Lipinski definition) is 2. The van der Waals surface area contributed by atoms with E-state index in [9.17, 15) is 18.0 Å². The van der Waals surface area contributed by atoms with E-state index in [1.807, 2.05) is 12.1 Å². The predicted molar refractivity (Wildman–Crippen MR) is 110 cm³/mol. The molecular weight excluding hydrogens is 416 g/mol. The monoisotopic (exact) mass is 434 g/mol. The maximum atomic E-state index is 12.8. The van der Waals surface area contributed by atoms with Crippen molar-refractivity contribution in [2.75, 3.05) is 16.3 Å². The third kappa shape index (κ3) is 4.59. The number of carbonyl (C=O) groups excluding carboxylic acids is 1. The summed E-state index contributed by atoms with van der Waals surface area (Å²) in [7, 11) is -3.46. The average molecular weight is 435 g/mol. The molecule has 0 atom stereocenters. The highest BCUT2D eigenvalue weighted by molar-refractivity contribution is 7.92. The molecule has 10 nitrogen and oxygen atoms in total. The van der Waals surface area contributed by atoms with E-state index in [1.54, 1.807) is 16.7 Å². The maximum absolute atomic E-state index is 12.8. The predicted octanol–water partition coefficient (Wildman–Crippen LogP) is 1.53. The highest BCUT2D eigenvalue weighted by atomic mass is 32.2. The third-order valence-corrected chi connectivity index (χ3v) is 5.76. The lowest BCUT2D eigenvalue weighted by molar-refractivity contribution is -0.116. The van der Waals surface area contributed by atoms with Gasteiger partial charge in [0.1, 0.15) is 5.82 Å². The number of aromatic nitrogens is 4. The topological polar surface area (TPSA) is 136 Å². The summed E-state index contributed by atoms with van der Waals surface area (Å²) < 4.78 is 26.3. The molecule has 0 radical (unpaired) electrons. The number of carbonyl (C=O) groups is 1. The molecule has 1 aliphatic rings. The van der Waals surface area contributed by atoms with Gasteiger partial charge in [-0.25, -0.2) is 13.4 Å². The molecule has 4 rings (SSSR count). The van der Waals surface area contributed by atoms with Crippen LogP contribution in [-0.4, -0.2) is 40.3 Å². The fourth-order valence-electron chi connectivity index (χ4n) is 2.96. The molecule has 0 saturated heterocycles. The smallest absolute Gasteiger partial charge is 0.261 e. The summed E-state index contributed by atoms with van der Waals surface area (Å²) in [5, 5.41) is 10.8. The average Bonchev–Trinajstić information content (AvgIpc) is 3.40. The van der Waals surface area contributed by atoms with Gasteiger partial charge in [0, 0.05) is 18.9 Å². The van der Waals surface area contributed by atoms with Crippen molar-refractivity contribution in [1.82, 2.24) is 19.7 Å². The quantitative estimate of drug-likeness (QED) is 0.575. The van der Waals surface area contributed by atoms with Crippen LogP contribution in [0.1, 0.15) is 31.1 Å². The molecule has 1 amide bonds. The fourth-order valence-corrected chi connectivity index (χ4v) is 4.45. The molecule has 2 aromatic heterocycles. The Balaban J connectivity index is 1.48. The molecule has 2 N–H and O–H groups in total. The van der Waals surface area contributed by atoms with Crippen LogP contribution in [0.2, 0.25) is 0 Å². The first-order valence-corrected chi connectivity index (χ1v) is 11.6. The van der Waals surface area contributed by atoms with Gasteiger partial charge in [-0.3, -0.25) is 18.9 Å². The second kappa shape index (κ2) is 7.52. The number of nitrogens with zero attached hydrogens (tertiary/aromatic N) is 4. The number of amides is 1. The summed E-state index contributed by atoms with van der Waals surface area (Å²) in [5.41, 5.74) is 0.541. The molecule has 2 heterocycles. The van der Waals surface area contributed by atoms with Crippen LogP contribution in [0.5, 0.6) is 0 Å². The zero-order valence-electron chi connectivity index (χ0n) is 15.5. The largest absolute Gasteiger partial charge is 0.300 e. The van der Waals surface area contributed by atoms with Crippen molar-refractivity contribution < 1.29 is 13.2 Å². The number of benzene rings is 1. The number of anilines is 2. The van der Waals surface area contributed by atoms with Gasteiger partial charge in [-0.05, 0) is 25.0 Å². The Morgan fingerprint density at radius 1 is 1.24 bits per heavy atom. The first-order chi connectivity index (χ1) is 13.8. The number of fused-ring (bicyclic) bond motifs is 1. The van der Waals surface area contributed by atoms with Crippen LogP contribution in [0.15, 0.2) is 29.1 Å². The minimum atomic E-state index is -3.46. The molecule has 12 heteroatoms. The Kier molecular flexibility index (Phi) is 5.04. The van der Waals surface area contributed by atoms with Crippen molar-refractivity contribution in [3.05, 3.63) is 40.4 Å². The van der Waals surface area contributed by atoms with Crippen molar-refractivity contribution in [2.45, 2.75) is 31.7 Å². The molecule has 1 fully saturated rings. The zero-order chi connectivity index (χ0) is 20.6. The second-order valence-electron chi connectivity index (χ2n) is 6.79. The highest BCUT2D eigenvalue weighted by Gasteiger charge is 2.28. The fraction of sp³-hybridized carbons (Fsp3) is 0.353. The summed E-state index contributed by atoms with van der Waals surface area (Å²) in [5.74, 6) is 0.264. The number of sulfonamides is 1. The number of hydrogen-bond acceptors (Lipinski definition) is 8. The minimum Gasteiger partial charge on any atom is -0.300 e. The SMILES string of the molecule is CS(=O)(=O)Nc1nnc(NC(=O)CCc2nc3ccccc3c(=O)n2C2CC2)s1. The highest BCUT2D eigenvalue weighted by Crippen LogP contribution is 2.35. The van der Waals surface area contributed by atoms with Gasteiger partial charge in [-0.2, -0.15) is 0 Å². The van der Waals surface area contributed by atoms with Crippen molar-refractivity contribution in [3.63, 3.8) is 0 Å². The van der Waals surface area contributed by atoms with Gasteiger partial charge in [0.15, 0.2) is 0 Å². The summed E-state index contributed by atoms with van der Waals surface area (Å²) >= 11 is 0.917. The van der Waals surface area contributed by atoms with Gasteiger partial charge < -0.3 is 5.32 Å². The summed E-state index contributed by atoms with van der Waals surface area (Å²) in [4.78, 5) is 29.7. The number of nitrogens with one attached hydrogen (secondary N) is 2. The van der Waals surface area contributed by atoms with E-state index >= 15 is 0 Å². The van der Waals surface area contributed by atoms with E-state index in [-0.39, 0.29) is 34.2 Å². The van der Waals surface area contributed by atoms with Crippen molar-refractivity contribution in [3.8, 4) is 0 Å². The molecule has 3 aromatic rings. The van der Waals surface area contributed by atoms with E-state index in [1.165, 1.54) is 0 Å². The van der Waals surface area contributed by atoms with Crippen LogP contribution in [-0.2, 0) is 21.2 Å². The van der Waals surface area contributed by atoms with Gasteiger partial charge in [0.2, 0.25) is 26.2 Å². The van der Waals surface area contributed by atoms with E-state index in [2.05, 4.69) is 25.2 Å². The lowest BCUT2D eigenvalue weighted by atomic mass is 10.2. The van der Waals surface area contributed by atoms with Gasteiger partial charge in [-0.1, -0.05) is 23.5 Å². The zero-order valence-corrected chi connectivity index (χ0v) is 17.1. The molecule has 1 aliphatic carbocycles.